The summed E-state index contributed by atoms with van der Waals surface area (Å²) in [5.74, 6) is 1.77. The van der Waals surface area contributed by atoms with Crippen LogP contribution in [-0.2, 0) is 12.8 Å². The molecule has 0 aromatic heterocycles. The Hall–Kier alpha value is -0.630. The summed E-state index contributed by atoms with van der Waals surface area (Å²) >= 11 is 1.96. The van der Waals surface area contributed by atoms with Gasteiger partial charge in [-0.2, -0.15) is 0 Å². The van der Waals surface area contributed by atoms with E-state index >= 15 is 0 Å². The molecule has 1 nitrogen and oxygen atoms in total. The minimum Gasteiger partial charge on any atom is -0.507 e. The molecule has 0 spiro atoms. The second-order valence-electron chi connectivity index (χ2n) is 6.91. The van der Waals surface area contributed by atoms with Crippen molar-refractivity contribution in [2.75, 3.05) is 5.75 Å². The lowest BCUT2D eigenvalue weighted by Gasteiger charge is -2.13. The third kappa shape index (κ3) is 8.46. The molecule has 0 atom stereocenters. The standard InChI is InChI=1S/C22H38OS/c1-4-7-10-12-14-19-17-21(24-16-9-6-3)18-20(22(19)23)15-13-11-8-5-2/h17-18,23H,4-16H2,1-3H3. The fraction of sp³-hybridized carbons (Fsp3) is 0.727. The lowest BCUT2D eigenvalue weighted by atomic mass is 9.99. The Kier molecular flexibility index (Phi) is 12.2. The fourth-order valence-electron chi connectivity index (χ4n) is 3.01. The average molecular weight is 351 g/mol. The molecule has 0 radical (unpaired) electrons. The van der Waals surface area contributed by atoms with Gasteiger partial charge in [0.1, 0.15) is 5.75 Å². The molecule has 138 valence electrons. The highest BCUT2D eigenvalue weighted by Crippen LogP contribution is 2.32. The Balaban J connectivity index is 2.75. The Morgan fingerprint density at radius 2 is 1.21 bits per heavy atom. The predicted octanol–water partition coefficient (Wildman–Crippen LogP) is 7.53. The number of unbranched alkanes of at least 4 members (excludes halogenated alkanes) is 7. The topological polar surface area (TPSA) is 20.2 Å². The van der Waals surface area contributed by atoms with E-state index in [2.05, 4.69) is 32.9 Å². The van der Waals surface area contributed by atoms with Crippen molar-refractivity contribution in [3.8, 4) is 5.75 Å². The number of hydrogen-bond donors (Lipinski definition) is 1. The maximum Gasteiger partial charge on any atom is 0.122 e. The molecule has 2 heteroatoms. The SMILES string of the molecule is CCCCCCc1cc(SCCCC)cc(CCCCCC)c1O. The average Bonchev–Trinajstić information content (AvgIpc) is 2.59. The van der Waals surface area contributed by atoms with Crippen molar-refractivity contribution in [2.45, 2.75) is 103 Å². The van der Waals surface area contributed by atoms with Crippen molar-refractivity contribution in [2.24, 2.45) is 0 Å². The van der Waals surface area contributed by atoms with Gasteiger partial charge in [-0.25, -0.2) is 0 Å². The molecule has 1 aromatic rings. The summed E-state index contributed by atoms with van der Waals surface area (Å²) in [6, 6.07) is 4.49. The van der Waals surface area contributed by atoms with Crippen LogP contribution in [0, 0.1) is 0 Å². The Bertz CT molecular complexity index is 409. The zero-order chi connectivity index (χ0) is 17.6. The number of thioether (sulfide) groups is 1. The van der Waals surface area contributed by atoms with Gasteiger partial charge in [-0.05, 0) is 61.1 Å². The van der Waals surface area contributed by atoms with Crippen LogP contribution in [0.25, 0.3) is 0 Å². The lowest BCUT2D eigenvalue weighted by molar-refractivity contribution is 0.456. The third-order valence-electron chi connectivity index (χ3n) is 4.61. The van der Waals surface area contributed by atoms with Crippen molar-refractivity contribution in [1.82, 2.24) is 0 Å². The Morgan fingerprint density at radius 1 is 0.708 bits per heavy atom. The molecule has 0 aliphatic rings. The largest absolute Gasteiger partial charge is 0.507 e. The Morgan fingerprint density at radius 3 is 1.67 bits per heavy atom. The van der Waals surface area contributed by atoms with Gasteiger partial charge >= 0.3 is 0 Å². The maximum atomic E-state index is 10.7. The quantitative estimate of drug-likeness (QED) is 0.276. The molecule has 0 saturated heterocycles. The molecular formula is C22H38OS. The van der Waals surface area contributed by atoms with E-state index in [0.29, 0.717) is 5.75 Å². The first-order chi connectivity index (χ1) is 11.7. The normalized spacial score (nSPS) is 11.1. The van der Waals surface area contributed by atoms with Gasteiger partial charge < -0.3 is 5.11 Å². The van der Waals surface area contributed by atoms with Crippen molar-refractivity contribution in [1.29, 1.82) is 0 Å². The second kappa shape index (κ2) is 13.6. The van der Waals surface area contributed by atoms with Gasteiger partial charge in [0.25, 0.3) is 0 Å². The van der Waals surface area contributed by atoms with Gasteiger partial charge in [0.15, 0.2) is 0 Å². The van der Waals surface area contributed by atoms with Gasteiger partial charge in [-0.1, -0.05) is 65.7 Å². The summed E-state index contributed by atoms with van der Waals surface area (Å²) in [4.78, 5) is 1.36. The number of benzene rings is 1. The first-order valence-electron chi connectivity index (χ1n) is 10.2. The van der Waals surface area contributed by atoms with Gasteiger partial charge in [-0.3, -0.25) is 0 Å². The molecule has 0 fully saturated rings. The summed E-state index contributed by atoms with van der Waals surface area (Å²) < 4.78 is 0. The van der Waals surface area contributed by atoms with E-state index in [4.69, 9.17) is 0 Å². The first-order valence-corrected chi connectivity index (χ1v) is 11.2. The molecule has 1 aromatic carbocycles. The van der Waals surface area contributed by atoms with E-state index in [0.717, 1.165) is 12.8 Å². The van der Waals surface area contributed by atoms with Crippen LogP contribution < -0.4 is 0 Å². The molecular weight excluding hydrogens is 312 g/mol. The number of phenols is 1. The molecule has 0 saturated carbocycles. The molecule has 0 bridgehead atoms. The van der Waals surface area contributed by atoms with E-state index in [-0.39, 0.29) is 0 Å². The molecule has 24 heavy (non-hydrogen) atoms. The molecule has 0 unspecified atom stereocenters. The maximum absolute atomic E-state index is 10.7. The third-order valence-corrected chi connectivity index (χ3v) is 5.67. The van der Waals surface area contributed by atoms with Gasteiger partial charge in [0.2, 0.25) is 0 Å². The summed E-state index contributed by atoms with van der Waals surface area (Å²) in [6.45, 7) is 6.74. The number of aryl methyl sites for hydroxylation is 2. The number of aromatic hydroxyl groups is 1. The lowest BCUT2D eigenvalue weighted by Crippen LogP contribution is -1.95. The van der Waals surface area contributed by atoms with E-state index < -0.39 is 0 Å². The highest BCUT2D eigenvalue weighted by Gasteiger charge is 2.10. The van der Waals surface area contributed by atoms with Crippen LogP contribution in [0.5, 0.6) is 5.75 Å². The van der Waals surface area contributed by atoms with E-state index in [1.165, 1.54) is 86.0 Å². The minimum atomic E-state index is 0.586. The van der Waals surface area contributed by atoms with Crippen LogP contribution in [0.2, 0.25) is 0 Å². The molecule has 0 aliphatic heterocycles. The highest BCUT2D eigenvalue weighted by atomic mass is 32.2. The van der Waals surface area contributed by atoms with Crippen molar-refractivity contribution >= 4 is 11.8 Å². The van der Waals surface area contributed by atoms with E-state index in [1.807, 2.05) is 11.8 Å². The summed E-state index contributed by atoms with van der Waals surface area (Å²) in [5.41, 5.74) is 2.36. The van der Waals surface area contributed by atoms with E-state index in [9.17, 15) is 5.11 Å². The van der Waals surface area contributed by atoms with Gasteiger partial charge in [0.05, 0.1) is 0 Å². The monoisotopic (exact) mass is 350 g/mol. The van der Waals surface area contributed by atoms with Crippen LogP contribution >= 0.6 is 11.8 Å². The van der Waals surface area contributed by atoms with Crippen molar-refractivity contribution in [3.63, 3.8) is 0 Å². The Labute approximate surface area is 154 Å². The molecule has 1 N–H and O–H groups in total. The number of phenolic OH excluding ortho intramolecular Hbond substituents is 1. The second-order valence-corrected chi connectivity index (χ2v) is 8.08. The summed E-state index contributed by atoms with van der Waals surface area (Å²) in [6.07, 6.45) is 14.6. The summed E-state index contributed by atoms with van der Waals surface area (Å²) in [5, 5.41) is 10.7. The molecule has 0 aliphatic carbocycles. The summed E-state index contributed by atoms with van der Waals surface area (Å²) in [7, 11) is 0. The van der Waals surface area contributed by atoms with Crippen LogP contribution in [0.4, 0.5) is 0 Å². The minimum absolute atomic E-state index is 0.586. The number of hydrogen-bond acceptors (Lipinski definition) is 2. The first kappa shape index (κ1) is 21.4. The van der Waals surface area contributed by atoms with Crippen molar-refractivity contribution in [3.05, 3.63) is 23.3 Å². The van der Waals surface area contributed by atoms with Gasteiger partial charge in [0, 0.05) is 4.90 Å². The van der Waals surface area contributed by atoms with Crippen LogP contribution in [0.1, 0.15) is 96.1 Å². The van der Waals surface area contributed by atoms with E-state index in [1.54, 1.807) is 0 Å². The zero-order valence-electron chi connectivity index (χ0n) is 16.2. The van der Waals surface area contributed by atoms with Gasteiger partial charge in [-0.15, -0.1) is 11.8 Å². The van der Waals surface area contributed by atoms with Crippen LogP contribution in [-0.4, -0.2) is 10.9 Å². The number of rotatable bonds is 14. The zero-order valence-corrected chi connectivity index (χ0v) is 17.0. The predicted molar refractivity (Wildman–Crippen MR) is 109 cm³/mol. The molecule has 1 rings (SSSR count). The van der Waals surface area contributed by atoms with Crippen LogP contribution in [0.3, 0.4) is 0 Å². The van der Waals surface area contributed by atoms with Crippen molar-refractivity contribution < 1.29 is 5.11 Å². The smallest absolute Gasteiger partial charge is 0.122 e. The fourth-order valence-corrected chi connectivity index (χ4v) is 4.13. The molecule has 0 amide bonds. The highest BCUT2D eigenvalue weighted by molar-refractivity contribution is 7.99. The molecule has 0 heterocycles. The van der Waals surface area contributed by atoms with Crippen LogP contribution in [0.15, 0.2) is 17.0 Å².